The van der Waals surface area contributed by atoms with Crippen molar-refractivity contribution in [3.8, 4) is 11.3 Å². The second kappa shape index (κ2) is 5.39. The molecule has 0 unspecified atom stereocenters. The molecule has 17 heavy (non-hydrogen) atoms. The predicted molar refractivity (Wildman–Crippen MR) is 68.8 cm³/mol. The zero-order chi connectivity index (χ0) is 12.1. The quantitative estimate of drug-likeness (QED) is 0.873. The molecule has 1 N–H and O–H groups in total. The van der Waals surface area contributed by atoms with Crippen molar-refractivity contribution in [2.75, 3.05) is 12.4 Å². The smallest absolute Gasteiger partial charge is 0.131 e. The van der Waals surface area contributed by atoms with E-state index in [1.54, 1.807) is 12.4 Å². The van der Waals surface area contributed by atoms with Crippen LogP contribution in [0, 0.1) is 0 Å². The van der Waals surface area contributed by atoms with Crippen LogP contribution in [0.15, 0.2) is 30.6 Å². The van der Waals surface area contributed by atoms with Gasteiger partial charge in [0.2, 0.25) is 0 Å². The van der Waals surface area contributed by atoms with E-state index in [1.165, 1.54) is 0 Å². The van der Waals surface area contributed by atoms with Gasteiger partial charge in [-0.05, 0) is 18.6 Å². The highest BCUT2D eigenvalue weighted by molar-refractivity contribution is 5.61. The number of anilines is 1. The van der Waals surface area contributed by atoms with E-state index in [0.717, 1.165) is 35.7 Å². The third-order valence-electron chi connectivity index (χ3n) is 2.48. The summed E-state index contributed by atoms with van der Waals surface area (Å²) in [7, 11) is 1.87. The highest BCUT2D eigenvalue weighted by atomic mass is 15.0. The minimum Gasteiger partial charge on any atom is -0.373 e. The third kappa shape index (κ3) is 2.78. The first-order valence-electron chi connectivity index (χ1n) is 5.79. The van der Waals surface area contributed by atoms with Crippen LogP contribution in [0.2, 0.25) is 0 Å². The molecule has 0 fully saturated rings. The Hall–Kier alpha value is -1.97. The molecule has 4 heteroatoms. The topological polar surface area (TPSA) is 50.7 Å². The standard InChI is InChI=1S/C13H16N4/c1-3-4-12-16-11(9-13(14-2)17-12)10-5-7-15-8-6-10/h5-9H,3-4H2,1-2H3,(H,14,16,17). The van der Waals surface area contributed by atoms with E-state index in [0.29, 0.717) is 0 Å². The fraction of sp³-hybridized carbons (Fsp3) is 0.308. The maximum Gasteiger partial charge on any atom is 0.131 e. The zero-order valence-corrected chi connectivity index (χ0v) is 10.1. The van der Waals surface area contributed by atoms with Gasteiger partial charge in [0.05, 0.1) is 5.69 Å². The van der Waals surface area contributed by atoms with Crippen molar-refractivity contribution in [1.82, 2.24) is 15.0 Å². The van der Waals surface area contributed by atoms with E-state index in [2.05, 4.69) is 27.2 Å². The normalized spacial score (nSPS) is 10.2. The van der Waals surface area contributed by atoms with Crippen molar-refractivity contribution in [1.29, 1.82) is 0 Å². The molecule has 0 radical (unpaired) electrons. The first kappa shape index (κ1) is 11.5. The summed E-state index contributed by atoms with van der Waals surface area (Å²) in [6.45, 7) is 2.13. The average Bonchev–Trinajstić information content (AvgIpc) is 2.40. The summed E-state index contributed by atoms with van der Waals surface area (Å²) in [6, 6.07) is 5.86. The second-order valence-corrected chi connectivity index (χ2v) is 3.79. The summed E-state index contributed by atoms with van der Waals surface area (Å²) in [5, 5.41) is 3.07. The van der Waals surface area contributed by atoms with Crippen LogP contribution < -0.4 is 5.32 Å². The molecular weight excluding hydrogens is 212 g/mol. The van der Waals surface area contributed by atoms with Gasteiger partial charge in [0.25, 0.3) is 0 Å². The highest BCUT2D eigenvalue weighted by Gasteiger charge is 2.05. The molecule has 0 aliphatic heterocycles. The summed E-state index contributed by atoms with van der Waals surface area (Å²) in [6.07, 6.45) is 5.49. The number of aryl methyl sites for hydroxylation is 1. The van der Waals surface area contributed by atoms with Crippen molar-refractivity contribution in [2.24, 2.45) is 0 Å². The Labute approximate surface area is 101 Å². The third-order valence-corrected chi connectivity index (χ3v) is 2.48. The van der Waals surface area contributed by atoms with Gasteiger partial charge in [0.15, 0.2) is 0 Å². The highest BCUT2D eigenvalue weighted by Crippen LogP contribution is 2.19. The fourth-order valence-corrected chi connectivity index (χ4v) is 1.63. The molecule has 0 aromatic carbocycles. The van der Waals surface area contributed by atoms with Crippen molar-refractivity contribution in [3.05, 3.63) is 36.4 Å². The van der Waals surface area contributed by atoms with Crippen LogP contribution in [0.25, 0.3) is 11.3 Å². The van der Waals surface area contributed by atoms with Gasteiger partial charge in [-0.3, -0.25) is 4.98 Å². The second-order valence-electron chi connectivity index (χ2n) is 3.79. The Morgan fingerprint density at radius 2 is 1.94 bits per heavy atom. The molecule has 2 aromatic rings. The average molecular weight is 228 g/mol. The summed E-state index contributed by atoms with van der Waals surface area (Å²) in [4.78, 5) is 13.0. The van der Waals surface area contributed by atoms with Crippen molar-refractivity contribution in [3.63, 3.8) is 0 Å². The Morgan fingerprint density at radius 1 is 1.18 bits per heavy atom. The van der Waals surface area contributed by atoms with E-state index < -0.39 is 0 Å². The zero-order valence-electron chi connectivity index (χ0n) is 10.1. The monoisotopic (exact) mass is 228 g/mol. The molecule has 0 saturated heterocycles. The molecule has 2 rings (SSSR count). The van der Waals surface area contributed by atoms with E-state index in [4.69, 9.17) is 0 Å². The van der Waals surface area contributed by atoms with Gasteiger partial charge < -0.3 is 5.32 Å². The van der Waals surface area contributed by atoms with Crippen LogP contribution >= 0.6 is 0 Å². The SMILES string of the molecule is CCCc1nc(NC)cc(-c2ccncc2)n1. The molecule has 0 atom stereocenters. The van der Waals surface area contributed by atoms with Gasteiger partial charge in [0.1, 0.15) is 11.6 Å². The van der Waals surface area contributed by atoms with Crippen LogP contribution in [0.5, 0.6) is 0 Å². The van der Waals surface area contributed by atoms with E-state index in [1.807, 2.05) is 25.2 Å². The molecule has 0 saturated carbocycles. The molecule has 0 aliphatic carbocycles. The number of nitrogens with one attached hydrogen (secondary N) is 1. The van der Waals surface area contributed by atoms with Crippen LogP contribution in [0.1, 0.15) is 19.2 Å². The maximum atomic E-state index is 4.56. The number of aromatic nitrogens is 3. The van der Waals surface area contributed by atoms with Gasteiger partial charge in [-0.25, -0.2) is 9.97 Å². The van der Waals surface area contributed by atoms with E-state index >= 15 is 0 Å². The van der Waals surface area contributed by atoms with Gasteiger partial charge >= 0.3 is 0 Å². The van der Waals surface area contributed by atoms with Crippen LogP contribution in [0.3, 0.4) is 0 Å². The summed E-state index contributed by atoms with van der Waals surface area (Å²) >= 11 is 0. The Kier molecular flexibility index (Phi) is 3.65. The molecule has 0 aliphatic rings. The lowest BCUT2D eigenvalue weighted by atomic mass is 10.2. The van der Waals surface area contributed by atoms with Crippen molar-refractivity contribution >= 4 is 5.82 Å². The number of hydrogen-bond donors (Lipinski definition) is 1. The van der Waals surface area contributed by atoms with Gasteiger partial charge in [0, 0.05) is 37.5 Å². The molecule has 0 spiro atoms. The van der Waals surface area contributed by atoms with E-state index in [9.17, 15) is 0 Å². The molecule has 2 aromatic heterocycles. The van der Waals surface area contributed by atoms with Gasteiger partial charge in [-0.15, -0.1) is 0 Å². The predicted octanol–water partition coefficient (Wildman–Crippen LogP) is 2.53. The number of hydrogen-bond acceptors (Lipinski definition) is 4. The summed E-state index contributed by atoms with van der Waals surface area (Å²) < 4.78 is 0. The number of rotatable bonds is 4. The Morgan fingerprint density at radius 3 is 2.59 bits per heavy atom. The summed E-state index contributed by atoms with van der Waals surface area (Å²) in [5.74, 6) is 1.74. The van der Waals surface area contributed by atoms with E-state index in [-0.39, 0.29) is 0 Å². The Bertz CT molecular complexity index is 482. The lowest BCUT2D eigenvalue weighted by Gasteiger charge is -2.07. The molecule has 0 bridgehead atoms. The van der Waals surface area contributed by atoms with Crippen molar-refractivity contribution in [2.45, 2.75) is 19.8 Å². The fourth-order valence-electron chi connectivity index (χ4n) is 1.63. The van der Waals surface area contributed by atoms with Crippen LogP contribution in [-0.4, -0.2) is 22.0 Å². The largest absolute Gasteiger partial charge is 0.373 e. The first-order valence-corrected chi connectivity index (χ1v) is 5.79. The maximum absolute atomic E-state index is 4.56. The van der Waals surface area contributed by atoms with Crippen LogP contribution in [-0.2, 0) is 6.42 Å². The van der Waals surface area contributed by atoms with Gasteiger partial charge in [-0.1, -0.05) is 6.92 Å². The lowest BCUT2D eigenvalue weighted by molar-refractivity contribution is 0.838. The molecule has 0 amide bonds. The minimum atomic E-state index is 0.857. The molecule has 4 nitrogen and oxygen atoms in total. The number of nitrogens with zero attached hydrogens (tertiary/aromatic N) is 3. The number of pyridine rings is 1. The Balaban J connectivity index is 2.43. The molecular formula is C13H16N4. The lowest BCUT2D eigenvalue weighted by Crippen LogP contribution is -2.01. The van der Waals surface area contributed by atoms with Crippen molar-refractivity contribution < 1.29 is 0 Å². The molecule has 88 valence electrons. The first-order chi connectivity index (χ1) is 8.33. The summed E-state index contributed by atoms with van der Waals surface area (Å²) in [5.41, 5.74) is 2.01. The van der Waals surface area contributed by atoms with Crippen LogP contribution in [0.4, 0.5) is 5.82 Å². The minimum absolute atomic E-state index is 0.857. The molecule has 2 heterocycles. The van der Waals surface area contributed by atoms with Gasteiger partial charge in [-0.2, -0.15) is 0 Å².